The van der Waals surface area contributed by atoms with Gasteiger partial charge in [0.2, 0.25) is 0 Å². The number of nitrogens with zero attached hydrogens (tertiary/aromatic N) is 2. The summed E-state index contributed by atoms with van der Waals surface area (Å²) in [5.41, 5.74) is 0.959. The predicted molar refractivity (Wildman–Crippen MR) is 87.7 cm³/mol. The lowest BCUT2D eigenvalue weighted by molar-refractivity contribution is -0.384. The summed E-state index contributed by atoms with van der Waals surface area (Å²) in [6.45, 7) is 4.64. The van der Waals surface area contributed by atoms with Gasteiger partial charge < -0.3 is 9.64 Å². The molecule has 7 nitrogen and oxygen atoms in total. The van der Waals surface area contributed by atoms with Gasteiger partial charge in [0.15, 0.2) is 0 Å². The molecular weight excluding hydrogens is 312 g/mol. The number of hydrogen-bond donors (Lipinski definition) is 0. The molecule has 1 fully saturated rings. The van der Waals surface area contributed by atoms with E-state index in [1.807, 2.05) is 0 Å². The van der Waals surface area contributed by atoms with E-state index in [0.29, 0.717) is 36.7 Å². The van der Waals surface area contributed by atoms with Gasteiger partial charge in [-0.25, -0.2) is 0 Å². The van der Waals surface area contributed by atoms with E-state index in [1.165, 1.54) is 18.2 Å². The fourth-order valence-electron chi connectivity index (χ4n) is 2.52. The second-order valence-electron chi connectivity index (χ2n) is 6.01. The number of amides is 1. The quantitative estimate of drug-likeness (QED) is 0.414. The van der Waals surface area contributed by atoms with Crippen molar-refractivity contribution < 1.29 is 19.2 Å². The Morgan fingerprint density at radius 2 is 2.08 bits per heavy atom. The number of hydrogen-bond acceptors (Lipinski definition) is 5. The number of benzene rings is 1. The number of non-ortho nitro benzene ring substituents is 1. The summed E-state index contributed by atoms with van der Waals surface area (Å²) in [5.74, 6) is -0.0420. The Bertz CT molecular complexity index is 640. The monoisotopic (exact) mass is 334 g/mol. The van der Waals surface area contributed by atoms with Crippen LogP contribution in [0.3, 0.4) is 0 Å². The van der Waals surface area contributed by atoms with Crippen LogP contribution in [-0.4, -0.2) is 41.4 Å². The molecule has 0 spiro atoms. The Balaban J connectivity index is 2.11. The van der Waals surface area contributed by atoms with E-state index >= 15 is 0 Å². The van der Waals surface area contributed by atoms with Gasteiger partial charge in [-0.3, -0.25) is 19.7 Å². The zero-order valence-corrected chi connectivity index (χ0v) is 14.0. The first kappa shape index (κ1) is 17.9. The van der Waals surface area contributed by atoms with Gasteiger partial charge in [-0.05, 0) is 44.2 Å². The van der Waals surface area contributed by atoms with E-state index in [0.717, 1.165) is 12.8 Å². The topological polar surface area (TPSA) is 89.8 Å². The minimum atomic E-state index is -0.482. The summed E-state index contributed by atoms with van der Waals surface area (Å²) in [4.78, 5) is 36.3. The van der Waals surface area contributed by atoms with Gasteiger partial charge in [0.1, 0.15) is 0 Å². The number of ether oxygens (including phenoxy) is 1. The third kappa shape index (κ3) is 4.78. The van der Waals surface area contributed by atoms with Gasteiger partial charge >= 0.3 is 5.97 Å². The van der Waals surface area contributed by atoms with Gasteiger partial charge in [-0.1, -0.05) is 0 Å². The molecule has 7 heteroatoms. The first-order valence-corrected chi connectivity index (χ1v) is 8.12. The van der Waals surface area contributed by atoms with Gasteiger partial charge in [-0.15, -0.1) is 0 Å². The second-order valence-corrected chi connectivity index (χ2v) is 6.01. The Morgan fingerprint density at radius 1 is 1.38 bits per heavy atom. The highest BCUT2D eigenvalue weighted by Gasteiger charge is 2.28. The number of aryl methyl sites for hydroxylation is 1. The zero-order valence-electron chi connectivity index (χ0n) is 14.0. The molecule has 24 heavy (non-hydrogen) atoms. The van der Waals surface area contributed by atoms with Crippen LogP contribution >= 0.6 is 0 Å². The molecule has 0 N–H and O–H groups in total. The normalized spacial score (nSPS) is 13.4. The fraction of sp³-hybridized carbons (Fsp3) is 0.529. The standard InChI is InChI=1S/C17H22N2O5/c1-3-24-16(20)8-9-18(11-13-4-5-13)17(21)15-7-6-14(19(22)23)10-12(15)2/h6-7,10,13H,3-5,8-9,11H2,1-2H3. The van der Waals surface area contributed by atoms with Crippen molar-refractivity contribution in [2.75, 3.05) is 19.7 Å². The first-order valence-electron chi connectivity index (χ1n) is 8.12. The van der Waals surface area contributed by atoms with Crippen LogP contribution in [-0.2, 0) is 9.53 Å². The average molecular weight is 334 g/mol. The van der Waals surface area contributed by atoms with Crippen molar-refractivity contribution in [2.24, 2.45) is 5.92 Å². The van der Waals surface area contributed by atoms with Crippen LogP contribution in [0.1, 0.15) is 42.1 Å². The van der Waals surface area contributed by atoms with Crippen LogP contribution < -0.4 is 0 Å². The summed E-state index contributed by atoms with van der Waals surface area (Å²) in [6.07, 6.45) is 2.32. The molecule has 130 valence electrons. The lowest BCUT2D eigenvalue weighted by Crippen LogP contribution is -2.35. The van der Waals surface area contributed by atoms with Crippen LogP contribution in [0, 0.1) is 23.0 Å². The molecule has 0 heterocycles. The Hall–Kier alpha value is -2.44. The second kappa shape index (κ2) is 7.90. The van der Waals surface area contributed by atoms with E-state index in [-0.39, 0.29) is 24.0 Å². The molecule has 1 aromatic carbocycles. The maximum atomic E-state index is 12.8. The Kier molecular flexibility index (Phi) is 5.89. The number of esters is 1. The van der Waals surface area contributed by atoms with Crippen molar-refractivity contribution in [1.82, 2.24) is 4.90 Å². The minimum absolute atomic E-state index is 0.0377. The largest absolute Gasteiger partial charge is 0.466 e. The number of carbonyl (C=O) groups excluding carboxylic acids is 2. The number of rotatable bonds is 8. The summed E-state index contributed by atoms with van der Waals surface area (Å²) >= 11 is 0. The van der Waals surface area contributed by atoms with E-state index in [9.17, 15) is 19.7 Å². The molecule has 0 unspecified atom stereocenters. The van der Waals surface area contributed by atoms with Crippen LogP contribution in [0.25, 0.3) is 0 Å². The van der Waals surface area contributed by atoms with Crippen LogP contribution in [0.2, 0.25) is 0 Å². The van der Waals surface area contributed by atoms with Crippen molar-refractivity contribution in [2.45, 2.75) is 33.1 Å². The van der Waals surface area contributed by atoms with Crippen molar-refractivity contribution in [3.8, 4) is 0 Å². The predicted octanol–water partition coefficient (Wildman–Crippen LogP) is 2.71. The molecule has 1 aromatic rings. The third-order valence-electron chi connectivity index (χ3n) is 4.01. The zero-order chi connectivity index (χ0) is 17.7. The summed E-state index contributed by atoms with van der Waals surface area (Å²) < 4.78 is 4.91. The molecule has 2 rings (SSSR count). The third-order valence-corrected chi connectivity index (χ3v) is 4.01. The Labute approximate surface area is 140 Å². The SMILES string of the molecule is CCOC(=O)CCN(CC1CC1)C(=O)c1ccc([N+](=O)[O-])cc1C. The first-order chi connectivity index (χ1) is 11.4. The lowest BCUT2D eigenvalue weighted by atomic mass is 10.1. The summed E-state index contributed by atoms with van der Waals surface area (Å²) in [7, 11) is 0. The fourth-order valence-corrected chi connectivity index (χ4v) is 2.52. The smallest absolute Gasteiger partial charge is 0.307 e. The van der Waals surface area contributed by atoms with Crippen molar-refractivity contribution in [3.63, 3.8) is 0 Å². The number of nitro benzene ring substituents is 1. The molecule has 1 saturated carbocycles. The molecule has 1 aliphatic carbocycles. The molecule has 0 radical (unpaired) electrons. The van der Waals surface area contributed by atoms with E-state index in [2.05, 4.69) is 0 Å². The molecule has 0 aliphatic heterocycles. The highest BCUT2D eigenvalue weighted by molar-refractivity contribution is 5.96. The lowest BCUT2D eigenvalue weighted by Gasteiger charge is -2.23. The van der Waals surface area contributed by atoms with Crippen molar-refractivity contribution in [3.05, 3.63) is 39.4 Å². The highest BCUT2D eigenvalue weighted by atomic mass is 16.6. The molecule has 0 bridgehead atoms. The number of nitro groups is 1. The maximum absolute atomic E-state index is 12.8. The molecule has 0 saturated heterocycles. The summed E-state index contributed by atoms with van der Waals surface area (Å²) in [5, 5.41) is 10.8. The molecular formula is C17H22N2O5. The van der Waals surface area contributed by atoms with Gasteiger partial charge in [0, 0.05) is 30.8 Å². The van der Waals surface area contributed by atoms with Crippen LogP contribution in [0.5, 0.6) is 0 Å². The molecule has 1 amide bonds. The molecule has 1 aliphatic rings. The minimum Gasteiger partial charge on any atom is -0.466 e. The maximum Gasteiger partial charge on any atom is 0.307 e. The van der Waals surface area contributed by atoms with Gasteiger partial charge in [0.05, 0.1) is 18.0 Å². The summed E-state index contributed by atoms with van der Waals surface area (Å²) in [6, 6.07) is 4.22. The van der Waals surface area contributed by atoms with Crippen molar-refractivity contribution in [1.29, 1.82) is 0 Å². The molecule has 0 atom stereocenters. The van der Waals surface area contributed by atoms with E-state index in [1.54, 1.807) is 18.7 Å². The van der Waals surface area contributed by atoms with Gasteiger partial charge in [0.25, 0.3) is 11.6 Å². The Morgan fingerprint density at radius 3 is 2.62 bits per heavy atom. The van der Waals surface area contributed by atoms with Gasteiger partial charge in [-0.2, -0.15) is 0 Å². The average Bonchev–Trinajstić information content (AvgIpc) is 3.35. The van der Waals surface area contributed by atoms with E-state index in [4.69, 9.17) is 4.74 Å². The van der Waals surface area contributed by atoms with E-state index < -0.39 is 4.92 Å². The number of carbonyl (C=O) groups is 2. The molecule has 0 aromatic heterocycles. The highest BCUT2D eigenvalue weighted by Crippen LogP contribution is 2.30. The van der Waals surface area contributed by atoms with Crippen molar-refractivity contribution >= 4 is 17.6 Å². The van der Waals surface area contributed by atoms with Crippen LogP contribution in [0.15, 0.2) is 18.2 Å². The van der Waals surface area contributed by atoms with Crippen LogP contribution in [0.4, 0.5) is 5.69 Å².